The van der Waals surface area contributed by atoms with E-state index in [1.54, 1.807) is 4.90 Å². The molecule has 1 aromatic rings. The van der Waals surface area contributed by atoms with Crippen LogP contribution in [0.1, 0.15) is 38.5 Å². The molecular formula is C22H33FN4O3S. The lowest BCUT2D eigenvalue weighted by Gasteiger charge is -2.37. The topological polar surface area (TPSA) is 73.0 Å². The third-order valence-corrected chi connectivity index (χ3v) is 8.76. The van der Waals surface area contributed by atoms with Gasteiger partial charge in [-0.2, -0.15) is 4.31 Å². The molecule has 1 saturated carbocycles. The summed E-state index contributed by atoms with van der Waals surface area (Å²) in [5.41, 5.74) is 0. The van der Waals surface area contributed by atoms with E-state index in [9.17, 15) is 17.6 Å². The van der Waals surface area contributed by atoms with Crippen molar-refractivity contribution in [3.05, 3.63) is 30.1 Å². The molecule has 0 atom stereocenters. The Morgan fingerprint density at radius 2 is 1.68 bits per heavy atom. The summed E-state index contributed by atoms with van der Waals surface area (Å²) in [6.45, 7) is 4.35. The second-order valence-corrected chi connectivity index (χ2v) is 11.0. The van der Waals surface area contributed by atoms with Gasteiger partial charge in [0.1, 0.15) is 5.82 Å². The van der Waals surface area contributed by atoms with Crippen LogP contribution in [0.25, 0.3) is 0 Å². The van der Waals surface area contributed by atoms with Crippen LogP contribution in [0.3, 0.4) is 0 Å². The molecule has 3 aliphatic rings. The normalized spacial score (nSPS) is 22.7. The zero-order valence-electron chi connectivity index (χ0n) is 18.0. The first kappa shape index (κ1) is 22.5. The van der Waals surface area contributed by atoms with Crippen LogP contribution in [0.4, 0.5) is 9.18 Å². The minimum absolute atomic E-state index is 0.0465. The van der Waals surface area contributed by atoms with Gasteiger partial charge >= 0.3 is 6.03 Å². The molecule has 0 unspecified atom stereocenters. The SMILES string of the molecule is O=C(NC1CCN(CC2CCCC2)CC1)N1CCN(S(=O)(=O)c2cccc(F)c2)CC1. The summed E-state index contributed by atoms with van der Waals surface area (Å²) in [4.78, 5) is 16.9. The van der Waals surface area contributed by atoms with E-state index >= 15 is 0 Å². The van der Waals surface area contributed by atoms with Gasteiger partial charge in [-0.1, -0.05) is 18.9 Å². The van der Waals surface area contributed by atoms with E-state index in [4.69, 9.17) is 0 Å². The van der Waals surface area contributed by atoms with E-state index in [1.807, 2.05) is 0 Å². The second kappa shape index (κ2) is 9.83. The van der Waals surface area contributed by atoms with Crippen molar-refractivity contribution < 1.29 is 17.6 Å². The molecule has 0 spiro atoms. The monoisotopic (exact) mass is 452 g/mol. The Bertz CT molecular complexity index is 859. The van der Waals surface area contributed by atoms with Crippen molar-refractivity contribution in [1.29, 1.82) is 0 Å². The van der Waals surface area contributed by atoms with Crippen LogP contribution in [0.5, 0.6) is 0 Å². The summed E-state index contributed by atoms with van der Waals surface area (Å²) in [5.74, 6) is 0.277. The fourth-order valence-electron chi connectivity index (χ4n) is 4.99. The van der Waals surface area contributed by atoms with Crippen molar-refractivity contribution in [2.45, 2.75) is 49.5 Å². The zero-order chi connectivity index (χ0) is 21.8. The number of urea groups is 1. The van der Waals surface area contributed by atoms with Gasteiger partial charge in [0.25, 0.3) is 0 Å². The second-order valence-electron chi connectivity index (χ2n) is 9.02. The average molecular weight is 453 g/mol. The van der Waals surface area contributed by atoms with Crippen molar-refractivity contribution in [3.8, 4) is 0 Å². The van der Waals surface area contributed by atoms with Crippen LogP contribution in [-0.2, 0) is 10.0 Å². The highest BCUT2D eigenvalue weighted by atomic mass is 32.2. The Morgan fingerprint density at radius 3 is 2.32 bits per heavy atom. The number of amides is 2. The lowest BCUT2D eigenvalue weighted by atomic mass is 10.0. The third kappa shape index (κ3) is 5.56. The summed E-state index contributed by atoms with van der Waals surface area (Å²) < 4.78 is 40.2. The van der Waals surface area contributed by atoms with Crippen molar-refractivity contribution in [3.63, 3.8) is 0 Å². The summed E-state index contributed by atoms with van der Waals surface area (Å²) in [6.07, 6.45) is 7.38. The highest BCUT2D eigenvalue weighted by Gasteiger charge is 2.31. The quantitative estimate of drug-likeness (QED) is 0.745. The number of halogens is 1. The number of benzene rings is 1. The van der Waals surface area contributed by atoms with Crippen molar-refractivity contribution in [1.82, 2.24) is 19.4 Å². The smallest absolute Gasteiger partial charge is 0.317 e. The number of piperazine rings is 1. The molecule has 31 heavy (non-hydrogen) atoms. The van der Waals surface area contributed by atoms with E-state index < -0.39 is 15.8 Å². The molecular weight excluding hydrogens is 419 g/mol. The van der Waals surface area contributed by atoms with Gasteiger partial charge in [-0.3, -0.25) is 0 Å². The maximum Gasteiger partial charge on any atom is 0.317 e. The number of hydrogen-bond donors (Lipinski definition) is 1. The number of rotatable bonds is 5. The van der Waals surface area contributed by atoms with Gasteiger partial charge in [0, 0.05) is 51.9 Å². The number of piperidine rings is 1. The maximum absolute atomic E-state index is 13.4. The van der Waals surface area contributed by atoms with Crippen LogP contribution in [0.2, 0.25) is 0 Å². The molecule has 3 fully saturated rings. The fraction of sp³-hybridized carbons (Fsp3) is 0.682. The first-order valence-electron chi connectivity index (χ1n) is 11.5. The molecule has 0 bridgehead atoms. The minimum atomic E-state index is -3.75. The molecule has 9 heteroatoms. The molecule has 0 aromatic heterocycles. The van der Waals surface area contributed by atoms with E-state index in [0.717, 1.165) is 37.9 Å². The predicted molar refractivity (Wildman–Crippen MR) is 117 cm³/mol. The molecule has 7 nitrogen and oxygen atoms in total. The van der Waals surface area contributed by atoms with Gasteiger partial charge in [0.15, 0.2) is 0 Å². The van der Waals surface area contributed by atoms with Gasteiger partial charge < -0.3 is 15.1 Å². The molecule has 2 saturated heterocycles. The van der Waals surface area contributed by atoms with E-state index in [-0.39, 0.29) is 30.1 Å². The summed E-state index contributed by atoms with van der Waals surface area (Å²) in [7, 11) is -3.75. The number of carbonyl (C=O) groups is 1. The van der Waals surface area contributed by atoms with Crippen molar-refractivity contribution in [2.75, 3.05) is 45.8 Å². The standard InChI is InChI=1S/C22H33FN4O3S/c23-19-6-3-7-21(16-19)31(29,30)27-14-12-26(13-15-27)22(28)24-20-8-10-25(11-9-20)17-18-4-1-2-5-18/h3,6-7,16,18,20H,1-2,4-5,8-15,17H2,(H,24,28). The highest BCUT2D eigenvalue weighted by Crippen LogP contribution is 2.26. The molecule has 1 aliphatic carbocycles. The average Bonchev–Trinajstić information content (AvgIpc) is 3.28. The number of nitrogens with one attached hydrogen (secondary N) is 1. The fourth-order valence-corrected chi connectivity index (χ4v) is 6.45. The number of likely N-dealkylation sites (tertiary alicyclic amines) is 1. The lowest BCUT2D eigenvalue weighted by molar-refractivity contribution is 0.149. The number of sulfonamides is 1. The molecule has 1 aromatic carbocycles. The number of hydrogen-bond acceptors (Lipinski definition) is 4. The summed E-state index contributed by atoms with van der Waals surface area (Å²) in [5, 5.41) is 3.14. The van der Waals surface area contributed by atoms with E-state index in [1.165, 1.54) is 54.7 Å². The number of nitrogens with zero attached hydrogens (tertiary/aromatic N) is 3. The Hall–Kier alpha value is -1.71. The van der Waals surface area contributed by atoms with Crippen LogP contribution >= 0.6 is 0 Å². The first-order valence-corrected chi connectivity index (χ1v) is 12.9. The Labute approximate surface area is 184 Å². The third-order valence-electron chi connectivity index (χ3n) is 6.87. The number of carbonyl (C=O) groups excluding carboxylic acids is 1. The minimum Gasteiger partial charge on any atom is -0.335 e. The molecule has 172 valence electrons. The van der Waals surface area contributed by atoms with E-state index in [0.29, 0.717) is 13.1 Å². The molecule has 1 N–H and O–H groups in total. The summed E-state index contributed by atoms with van der Waals surface area (Å²) in [6, 6.07) is 5.12. The highest BCUT2D eigenvalue weighted by molar-refractivity contribution is 7.89. The Kier molecular flexibility index (Phi) is 7.13. The zero-order valence-corrected chi connectivity index (χ0v) is 18.8. The Balaban J connectivity index is 1.22. The van der Waals surface area contributed by atoms with E-state index in [2.05, 4.69) is 10.2 Å². The Morgan fingerprint density at radius 1 is 1.00 bits per heavy atom. The van der Waals surface area contributed by atoms with Crippen molar-refractivity contribution >= 4 is 16.1 Å². The molecule has 2 amide bonds. The lowest BCUT2D eigenvalue weighted by Crippen LogP contribution is -2.55. The summed E-state index contributed by atoms with van der Waals surface area (Å²) >= 11 is 0. The van der Waals surface area contributed by atoms with Gasteiger partial charge in [-0.05, 0) is 49.8 Å². The molecule has 2 aliphatic heterocycles. The molecule has 0 radical (unpaired) electrons. The van der Waals surface area contributed by atoms with Crippen LogP contribution < -0.4 is 5.32 Å². The first-order chi connectivity index (χ1) is 14.9. The van der Waals surface area contributed by atoms with Crippen LogP contribution in [-0.4, -0.2) is 80.4 Å². The van der Waals surface area contributed by atoms with Gasteiger partial charge in [0.05, 0.1) is 4.90 Å². The van der Waals surface area contributed by atoms with Crippen LogP contribution in [0, 0.1) is 11.7 Å². The molecule has 2 heterocycles. The molecule has 4 rings (SSSR count). The van der Waals surface area contributed by atoms with Gasteiger partial charge in [-0.25, -0.2) is 17.6 Å². The maximum atomic E-state index is 13.4. The van der Waals surface area contributed by atoms with Gasteiger partial charge in [0.2, 0.25) is 10.0 Å². The van der Waals surface area contributed by atoms with Crippen molar-refractivity contribution in [2.24, 2.45) is 5.92 Å². The van der Waals surface area contributed by atoms with Gasteiger partial charge in [-0.15, -0.1) is 0 Å². The van der Waals surface area contributed by atoms with Crippen LogP contribution in [0.15, 0.2) is 29.2 Å². The largest absolute Gasteiger partial charge is 0.335 e. The predicted octanol–water partition coefficient (Wildman–Crippen LogP) is 2.50.